The lowest BCUT2D eigenvalue weighted by atomic mass is 9.92. The first kappa shape index (κ1) is 11.0. The molecule has 2 heteroatoms. The van der Waals surface area contributed by atoms with E-state index in [2.05, 4.69) is 37.3 Å². The zero-order valence-electron chi connectivity index (χ0n) is 9.28. The second-order valence-electron chi connectivity index (χ2n) is 4.56. The maximum atomic E-state index is 6.32. The van der Waals surface area contributed by atoms with Crippen molar-refractivity contribution >= 4 is 11.8 Å². The van der Waals surface area contributed by atoms with Crippen LogP contribution in [0.25, 0.3) is 0 Å². The molecule has 1 saturated heterocycles. The molecule has 1 heterocycles. The van der Waals surface area contributed by atoms with Crippen LogP contribution in [-0.2, 0) is 6.42 Å². The summed E-state index contributed by atoms with van der Waals surface area (Å²) in [4.78, 5) is 0. The van der Waals surface area contributed by atoms with Gasteiger partial charge in [-0.1, -0.05) is 30.3 Å². The van der Waals surface area contributed by atoms with Crippen molar-refractivity contribution in [3.63, 3.8) is 0 Å². The van der Waals surface area contributed by atoms with Crippen LogP contribution >= 0.6 is 11.8 Å². The maximum absolute atomic E-state index is 6.32. The van der Waals surface area contributed by atoms with Crippen LogP contribution in [0.3, 0.4) is 0 Å². The number of hydrogen-bond acceptors (Lipinski definition) is 2. The predicted octanol–water partition coefficient (Wildman–Crippen LogP) is 2.84. The number of thioether (sulfide) groups is 1. The summed E-state index contributed by atoms with van der Waals surface area (Å²) in [7, 11) is 0. The molecular formula is C13H19NS. The molecule has 0 aliphatic carbocycles. The number of benzene rings is 1. The molecule has 15 heavy (non-hydrogen) atoms. The molecule has 0 spiro atoms. The topological polar surface area (TPSA) is 26.0 Å². The number of hydrogen-bond donors (Lipinski definition) is 1. The summed E-state index contributed by atoms with van der Waals surface area (Å²) in [5.74, 6) is 1.28. The molecule has 1 aliphatic heterocycles. The summed E-state index contributed by atoms with van der Waals surface area (Å²) in [6.07, 6.45) is 3.60. The Bertz CT molecular complexity index is 304. The van der Waals surface area contributed by atoms with E-state index in [1.54, 1.807) is 0 Å². The average Bonchev–Trinajstić information content (AvgIpc) is 2.68. The largest absolute Gasteiger partial charge is 0.326 e. The van der Waals surface area contributed by atoms with Crippen molar-refractivity contribution in [3.8, 4) is 0 Å². The Labute approximate surface area is 96.4 Å². The molecule has 0 bridgehead atoms. The summed E-state index contributed by atoms with van der Waals surface area (Å²) in [6, 6.07) is 10.9. The zero-order chi connectivity index (χ0) is 10.7. The van der Waals surface area contributed by atoms with E-state index in [0.717, 1.165) is 6.42 Å². The van der Waals surface area contributed by atoms with Gasteiger partial charge < -0.3 is 5.73 Å². The SMILES string of the molecule is CC1(C(N)Cc2ccccc2)CCCS1. The predicted molar refractivity (Wildman–Crippen MR) is 68.2 cm³/mol. The van der Waals surface area contributed by atoms with Gasteiger partial charge in [-0.25, -0.2) is 0 Å². The molecule has 1 nitrogen and oxygen atoms in total. The number of nitrogens with two attached hydrogens (primary N) is 1. The molecule has 1 fully saturated rings. The average molecular weight is 221 g/mol. The molecule has 0 amide bonds. The molecular weight excluding hydrogens is 202 g/mol. The molecule has 0 saturated carbocycles. The molecule has 0 radical (unpaired) electrons. The van der Waals surface area contributed by atoms with Crippen molar-refractivity contribution in [3.05, 3.63) is 35.9 Å². The Morgan fingerprint density at radius 2 is 2.13 bits per heavy atom. The fraction of sp³-hybridized carbons (Fsp3) is 0.538. The first-order chi connectivity index (χ1) is 7.21. The van der Waals surface area contributed by atoms with E-state index in [4.69, 9.17) is 5.73 Å². The van der Waals surface area contributed by atoms with Gasteiger partial charge in [0.15, 0.2) is 0 Å². The molecule has 1 aliphatic rings. The molecule has 0 aromatic heterocycles. The summed E-state index contributed by atoms with van der Waals surface area (Å²) in [5.41, 5.74) is 7.68. The van der Waals surface area contributed by atoms with Crippen molar-refractivity contribution in [1.82, 2.24) is 0 Å². The maximum Gasteiger partial charge on any atom is 0.0286 e. The minimum atomic E-state index is 0.285. The molecule has 82 valence electrons. The third-order valence-electron chi connectivity index (χ3n) is 3.33. The van der Waals surface area contributed by atoms with Gasteiger partial charge in [-0.3, -0.25) is 0 Å². The molecule has 2 N–H and O–H groups in total. The van der Waals surface area contributed by atoms with Gasteiger partial charge >= 0.3 is 0 Å². The third kappa shape index (κ3) is 2.56. The standard InChI is InChI=1S/C13H19NS/c1-13(8-5-9-15-13)12(14)10-11-6-3-2-4-7-11/h2-4,6-7,12H,5,8-10,14H2,1H3. The Morgan fingerprint density at radius 3 is 2.73 bits per heavy atom. The minimum absolute atomic E-state index is 0.285. The highest BCUT2D eigenvalue weighted by Gasteiger charge is 2.35. The summed E-state index contributed by atoms with van der Waals surface area (Å²) < 4.78 is 0.301. The first-order valence-electron chi connectivity index (χ1n) is 5.64. The van der Waals surface area contributed by atoms with Gasteiger partial charge in [-0.15, -0.1) is 0 Å². The van der Waals surface area contributed by atoms with E-state index in [1.165, 1.54) is 24.2 Å². The zero-order valence-corrected chi connectivity index (χ0v) is 10.1. The highest BCUT2D eigenvalue weighted by atomic mass is 32.2. The van der Waals surface area contributed by atoms with Crippen molar-refractivity contribution in [2.24, 2.45) is 5.73 Å². The van der Waals surface area contributed by atoms with Gasteiger partial charge in [0, 0.05) is 10.8 Å². The van der Waals surface area contributed by atoms with E-state index < -0.39 is 0 Å². The van der Waals surface area contributed by atoms with Crippen LogP contribution in [0.1, 0.15) is 25.3 Å². The van der Waals surface area contributed by atoms with Gasteiger partial charge in [-0.2, -0.15) is 11.8 Å². The van der Waals surface area contributed by atoms with Crippen molar-refractivity contribution in [2.75, 3.05) is 5.75 Å². The van der Waals surface area contributed by atoms with Gasteiger partial charge in [0.05, 0.1) is 0 Å². The van der Waals surface area contributed by atoms with Gasteiger partial charge in [0.2, 0.25) is 0 Å². The van der Waals surface area contributed by atoms with Gasteiger partial charge in [-0.05, 0) is 37.5 Å². The lowest BCUT2D eigenvalue weighted by molar-refractivity contribution is 0.482. The van der Waals surface area contributed by atoms with Crippen molar-refractivity contribution in [2.45, 2.75) is 37.0 Å². The summed E-state index contributed by atoms with van der Waals surface area (Å²) >= 11 is 2.05. The lowest BCUT2D eigenvalue weighted by Crippen LogP contribution is -2.42. The summed E-state index contributed by atoms with van der Waals surface area (Å²) in [5, 5.41) is 0. The van der Waals surface area contributed by atoms with Crippen LogP contribution < -0.4 is 5.73 Å². The highest BCUT2D eigenvalue weighted by Crippen LogP contribution is 2.40. The van der Waals surface area contributed by atoms with Crippen LogP contribution in [0.15, 0.2) is 30.3 Å². The van der Waals surface area contributed by atoms with Crippen LogP contribution in [0.2, 0.25) is 0 Å². The van der Waals surface area contributed by atoms with Crippen LogP contribution in [0.4, 0.5) is 0 Å². The van der Waals surface area contributed by atoms with E-state index in [-0.39, 0.29) is 6.04 Å². The van der Waals surface area contributed by atoms with Crippen LogP contribution in [0, 0.1) is 0 Å². The molecule has 2 rings (SSSR count). The molecule has 2 atom stereocenters. The van der Waals surface area contributed by atoms with Crippen LogP contribution in [-0.4, -0.2) is 16.5 Å². The molecule has 1 aromatic carbocycles. The third-order valence-corrected chi connectivity index (χ3v) is 4.99. The second kappa shape index (κ2) is 4.58. The fourth-order valence-corrected chi connectivity index (χ4v) is 3.52. The lowest BCUT2D eigenvalue weighted by Gasteiger charge is -2.30. The summed E-state index contributed by atoms with van der Waals surface area (Å²) in [6.45, 7) is 2.32. The van der Waals surface area contributed by atoms with E-state index in [1.807, 2.05) is 11.8 Å². The number of rotatable bonds is 3. The smallest absolute Gasteiger partial charge is 0.0286 e. The Hall–Kier alpha value is -0.470. The van der Waals surface area contributed by atoms with E-state index >= 15 is 0 Å². The van der Waals surface area contributed by atoms with Gasteiger partial charge in [0.25, 0.3) is 0 Å². The minimum Gasteiger partial charge on any atom is -0.326 e. The highest BCUT2D eigenvalue weighted by molar-refractivity contribution is 8.00. The normalized spacial score (nSPS) is 27.9. The Balaban J connectivity index is 2.00. The van der Waals surface area contributed by atoms with Gasteiger partial charge in [0.1, 0.15) is 0 Å². The van der Waals surface area contributed by atoms with Crippen LogP contribution in [0.5, 0.6) is 0 Å². The Kier molecular flexibility index (Phi) is 3.37. The van der Waals surface area contributed by atoms with Crippen molar-refractivity contribution in [1.29, 1.82) is 0 Å². The van der Waals surface area contributed by atoms with E-state index in [9.17, 15) is 0 Å². The Morgan fingerprint density at radius 1 is 1.40 bits per heavy atom. The fourth-order valence-electron chi connectivity index (χ4n) is 2.18. The molecule has 2 unspecified atom stereocenters. The molecule has 1 aromatic rings. The first-order valence-corrected chi connectivity index (χ1v) is 6.63. The second-order valence-corrected chi connectivity index (χ2v) is 6.19. The van der Waals surface area contributed by atoms with E-state index in [0.29, 0.717) is 4.75 Å². The quantitative estimate of drug-likeness (QED) is 0.849. The van der Waals surface area contributed by atoms with Crippen molar-refractivity contribution < 1.29 is 0 Å². The monoisotopic (exact) mass is 221 g/mol.